The summed E-state index contributed by atoms with van der Waals surface area (Å²) in [5, 5.41) is 20.7. The van der Waals surface area contributed by atoms with Crippen LogP contribution in [0.3, 0.4) is 0 Å². The van der Waals surface area contributed by atoms with E-state index in [2.05, 4.69) is 191 Å². The first-order valence-electron chi connectivity index (χ1n) is 45.4. The van der Waals surface area contributed by atoms with Crippen LogP contribution < -0.4 is 0 Å². The number of carbonyl (C=O) groups excluding carboxylic acids is 3. The second-order valence-electron chi connectivity index (χ2n) is 30.0. The first-order chi connectivity index (χ1) is 56.2. The number of esters is 3. The average Bonchev–Trinajstić information content (AvgIpc) is 0.906. The zero-order chi connectivity index (χ0) is 83.6. The van der Waals surface area contributed by atoms with Gasteiger partial charge in [-0.15, -0.1) is 0 Å². The maximum atomic E-state index is 13.1. The molecule has 0 radical (unpaired) electrons. The standard InChI is InChI=1S/C97H164O16P2/c1-4-7-10-13-16-19-22-25-28-31-34-37-40-41-42-43-44-45-46-47-48-49-52-54-56-59-62-65-68-71-74-77-80-83-95(100)107-86-92(98)87-109-114(103,104)110-88-93(99)89-111-115(105,106)112-91-94(113-97(102)85-82-79-76-73-70-67-64-61-58-55-51-39-36-33-30-27-24-21-18-15-12-9-6-3)90-108-96(101)84-81-78-75-72-69-66-63-60-57-53-50-38-35-32-29-26-23-20-17-14-11-8-5-2/h7,10,16-21,25-30,34-39,41-42,44-45,53,55,57-58,92-94,98-99H,4-6,8-9,11-15,22-24,31-33,40,43,46-52,54,56,59-91H2,1-3H3,(H,103,104)(H,105,106)/b10-7-,19-16-,20-17-,21-18-,28-25-,29-26-,30-27-,37-34-,38-35-,39-36-,42-41-,45-44-,57-53-,58-55-. The highest BCUT2D eigenvalue weighted by Crippen LogP contribution is 2.45. The Morgan fingerprint density at radius 3 is 0.730 bits per heavy atom. The van der Waals surface area contributed by atoms with E-state index in [0.717, 1.165) is 193 Å². The van der Waals surface area contributed by atoms with Gasteiger partial charge in [0.1, 0.15) is 25.4 Å². The average molecular weight is 1650 g/mol. The fraction of sp³-hybridized carbons (Fsp3) is 0.680. The molecule has 0 aliphatic rings. The van der Waals surface area contributed by atoms with Crippen molar-refractivity contribution in [3.05, 3.63) is 170 Å². The third-order valence-electron chi connectivity index (χ3n) is 18.9. The van der Waals surface area contributed by atoms with Crippen molar-refractivity contribution in [1.82, 2.24) is 0 Å². The predicted molar refractivity (Wildman–Crippen MR) is 482 cm³/mol. The van der Waals surface area contributed by atoms with Gasteiger partial charge in [0.2, 0.25) is 0 Å². The number of phosphoric acid groups is 2. The van der Waals surface area contributed by atoms with Crippen molar-refractivity contribution in [2.75, 3.05) is 39.6 Å². The highest BCUT2D eigenvalue weighted by molar-refractivity contribution is 7.47. The van der Waals surface area contributed by atoms with Crippen LogP contribution in [0.5, 0.6) is 0 Å². The smallest absolute Gasteiger partial charge is 0.463 e. The van der Waals surface area contributed by atoms with Gasteiger partial charge in [0.05, 0.1) is 26.4 Å². The van der Waals surface area contributed by atoms with Gasteiger partial charge < -0.3 is 34.2 Å². The minimum atomic E-state index is -4.95. The van der Waals surface area contributed by atoms with Crippen LogP contribution in [-0.4, -0.2) is 95.9 Å². The van der Waals surface area contributed by atoms with Crippen LogP contribution in [-0.2, 0) is 55.8 Å². The topological polar surface area (TPSA) is 231 Å². The Balaban J connectivity index is 4.60. The molecule has 0 heterocycles. The molecule has 0 aliphatic carbocycles. The second kappa shape index (κ2) is 88.2. The molecule has 0 bridgehead atoms. The number of rotatable bonds is 85. The molecule has 18 heteroatoms. The maximum absolute atomic E-state index is 13.1. The van der Waals surface area contributed by atoms with Crippen LogP contribution in [0.15, 0.2) is 170 Å². The molecule has 0 saturated carbocycles. The van der Waals surface area contributed by atoms with Crippen molar-refractivity contribution in [1.29, 1.82) is 0 Å². The molecule has 0 rings (SSSR count). The normalized spacial score (nSPS) is 14.6. The molecule has 4 N–H and O–H groups in total. The molecule has 5 atom stereocenters. The fourth-order valence-electron chi connectivity index (χ4n) is 12.0. The second-order valence-corrected chi connectivity index (χ2v) is 32.9. The lowest BCUT2D eigenvalue weighted by molar-refractivity contribution is -0.161. The molecule has 0 aliphatic heterocycles. The third-order valence-corrected chi connectivity index (χ3v) is 20.8. The number of aliphatic hydroxyl groups is 2. The Kier molecular flexibility index (Phi) is 84.3. The Labute approximate surface area is 701 Å². The SMILES string of the molecule is CC/C=C\C/C=C\C/C=C\C/C=C\C/C=C\C/C=C\CCCCCCCCCCCCCCCCC(=O)OCC(O)COP(=O)(O)OCC(O)COP(=O)(O)OCC(COC(=O)CCCCCCCCC/C=C\C/C=C\C/C=C\C/C=C\CCCCC)OC(=O)CCCCCCCCC/C=C\C/C=C\C/C=C\C/C=C\CCCCC. The van der Waals surface area contributed by atoms with Crippen LogP contribution in [0.4, 0.5) is 0 Å². The van der Waals surface area contributed by atoms with Crippen molar-refractivity contribution in [3.63, 3.8) is 0 Å². The van der Waals surface area contributed by atoms with E-state index >= 15 is 0 Å². The summed E-state index contributed by atoms with van der Waals surface area (Å²) in [6, 6.07) is 0. The minimum Gasteiger partial charge on any atom is -0.463 e. The Morgan fingerprint density at radius 1 is 0.252 bits per heavy atom. The van der Waals surface area contributed by atoms with E-state index in [4.69, 9.17) is 32.3 Å². The third kappa shape index (κ3) is 89.5. The summed E-state index contributed by atoms with van der Waals surface area (Å²) in [5.74, 6) is -1.60. The van der Waals surface area contributed by atoms with Gasteiger partial charge in [-0.3, -0.25) is 32.5 Å². The van der Waals surface area contributed by atoms with Gasteiger partial charge in [-0.25, -0.2) is 9.13 Å². The molecule has 0 fully saturated rings. The lowest BCUT2D eigenvalue weighted by atomic mass is 10.0. The van der Waals surface area contributed by atoms with E-state index in [1.807, 2.05) is 0 Å². The number of aliphatic hydroxyl groups excluding tert-OH is 2. The van der Waals surface area contributed by atoms with E-state index in [9.17, 15) is 43.5 Å². The van der Waals surface area contributed by atoms with Gasteiger partial charge in [-0.2, -0.15) is 0 Å². The summed E-state index contributed by atoms with van der Waals surface area (Å²) in [7, 11) is -9.82. The van der Waals surface area contributed by atoms with E-state index in [1.165, 1.54) is 116 Å². The molecule has 0 aromatic carbocycles. The van der Waals surface area contributed by atoms with E-state index in [0.29, 0.717) is 19.3 Å². The lowest BCUT2D eigenvalue weighted by Crippen LogP contribution is -2.30. The molecule has 0 spiro atoms. The molecule has 16 nitrogen and oxygen atoms in total. The van der Waals surface area contributed by atoms with Crippen LogP contribution in [0.1, 0.15) is 367 Å². The zero-order valence-electron chi connectivity index (χ0n) is 72.4. The monoisotopic (exact) mass is 1650 g/mol. The van der Waals surface area contributed by atoms with Crippen molar-refractivity contribution >= 4 is 33.6 Å². The van der Waals surface area contributed by atoms with Gasteiger partial charge in [-0.1, -0.05) is 358 Å². The predicted octanol–water partition coefficient (Wildman–Crippen LogP) is 27.9. The number of ether oxygens (including phenoxy) is 3. The van der Waals surface area contributed by atoms with Crippen molar-refractivity contribution in [2.24, 2.45) is 0 Å². The number of hydrogen-bond donors (Lipinski definition) is 4. The number of carbonyl (C=O) groups is 3. The highest BCUT2D eigenvalue weighted by Gasteiger charge is 2.29. The molecule has 0 amide bonds. The van der Waals surface area contributed by atoms with Gasteiger partial charge in [0.25, 0.3) is 0 Å². The van der Waals surface area contributed by atoms with Gasteiger partial charge in [0, 0.05) is 19.3 Å². The van der Waals surface area contributed by atoms with Gasteiger partial charge >= 0.3 is 33.6 Å². The summed E-state index contributed by atoms with van der Waals surface area (Å²) in [5.41, 5.74) is 0. The van der Waals surface area contributed by atoms with Crippen LogP contribution in [0.25, 0.3) is 0 Å². The molecular weight excluding hydrogens is 1480 g/mol. The van der Waals surface area contributed by atoms with E-state index < -0.39 is 91.5 Å². The molecule has 0 saturated heterocycles. The molecule has 115 heavy (non-hydrogen) atoms. The molecule has 0 aromatic heterocycles. The van der Waals surface area contributed by atoms with Gasteiger partial charge in [-0.05, 0) is 161 Å². The van der Waals surface area contributed by atoms with E-state index in [-0.39, 0.29) is 19.3 Å². The number of allylic oxidation sites excluding steroid dienone is 28. The van der Waals surface area contributed by atoms with E-state index in [1.54, 1.807) is 0 Å². The first-order valence-corrected chi connectivity index (χ1v) is 48.4. The maximum Gasteiger partial charge on any atom is 0.472 e. The first kappa shape index (κ1) is 110. The Morgan fingerprint density at radius 2 is 0.461 bits per heavy atom. The van der Waals surface area contributed by atoms with Crippen LogP contribution in [0, 0.1) is 0 Å². The van der Waals surface area contributed by atoms with Crippen molar-refractivity contribution in [2.45, 2.75) is 386 Å². The quantitative estimate of drug-likeness (QED) is 0.0146. The highest BCUT2D eigenvalue weighted by atomic mass is 31.2. The largest absolute Gasteiger partial charge is 0.472 e. The molecule has 0 aromatic rings. The summed E-state index contributed by atoms with van der Waals surface area (Å²) < 4.78 is 61.4. The fourth-order valence-corrected chi connectivity index (χ4v) is 13.6. The Hall–Kier alpha value is -5.09. The summed E-state index contributed by atoms with van der Waals surface area (Å²) in [6.07, 6.45) is 114. The number of hydrogen-bond acceptors (Lipinski definition) is 14. The minimum absolute atomic E-state index is 0.0853. The van der Waals surface area contributed by atoms with Crippen LogP contribution in [0.2, 0.25) is 0 Å². The van der Waals surface area contributed by atoms with Gasteiger partial charge in [0.15, 0.2) is 6.10 Å². The number of unbranched alkanes of at least 4 members (excludes halogenated alkanes) is 34. The van der Waals surface area contributed by atoms with Crippen molar-refractivity contribution < 1.29 is 75.8 Å². The summed E-state index contributed by atoms with van der Waals surface area (Å²) in [4.78, 5) is 59.0. The molecule has 5 unspecified atom stereocenters. The lowest BCUT2D eigenvalue weighted by Gasteiger charge is -2.21. The summed E-state index contributed by atoms with van der Waals surface area (Å²) in [6.45, 7) is 2.52. The van der Waals surface area contributed by atoms with Crippen molar-refractivity contribution in [3.8, 4) is 0 Å². The van der Waals surface area contributed by atoms with Crippen LogP contribution >= 0.6 is 15.6 Å². The molecule has 658 valence electrons. The number of phosphoric ester groups is 2. The Bertz CT molecular complexity index is 2770. The zero-order valence-corrected chi connectivity index (χ0v) is 74.2. The molecular formula is C97H164O16P2. The summed E-state index contributed by atoms with van der Waals surface area (Å²) >= 11 is 0.